The van der Waals surface area contributed by atoms with Gasteiger partial charge >= 0.3 is 41.6 Å². The Bertz CT molecular complexity index is 795. The van der Waals surface area contributed by atoms with Gasteiger partial charge in [0, 0.05) is 30.9 Å². The Labute approximate surface area is 163 Å². The Kier molecular flexibility index (Phi) is 5.52. The smallest absolute Gasteiger partial charge is 1.00 e. The summed E-state index contributed by atoms with van der Waals surface area (Å²) in [5, 5.41) is 13.4. The molecule has 1 N–H and O–H groups in total. The molecular formula is C15H20N5NaO3. The van der Waals surface area contributed by atoms with Crippen molar-refractivity contribution in [3.8, 4) is 0 Å². The number of aryl methyl sites for hydroxylation is 1. The molecule has 9 heteroatoms. The van der Waals surface area contributed by atoms with Crippen molar-refractivity contribution in [1.82, 2.24) is 19.5 Å². The summed E-state index contributed by atoms with van der Waals surface area (Å²) in [6.45, 7) is 7.06. The molecule has 24 heavy (non-hydrogen) atoms. The third kappa shape index (κ3) is 3.01. The molecule has 2 aromatic rings. The summed E-state index contributed by atoms with van der Waals surface area (Å²) in [5.41, 5.74) is 1.12. The number of aromatic nitrogens is 3. The number of aromatic carboxylic acids is 1. The van der Waals surface area contributed by atoms with Gasteiger partial charge in [0.25, 0.3) is 0 Å². The molecule has 3 heterocycles. The Hall–Kier alpha value is -1.64. The molecule has 1 saturated heterocycles. The zero-order valence-corrected chi connectivity index (χ0v) is 16.4. The van der Waals surface area contributed by atoms with Gasteiger partial charge in [0.05, 0.1) is 6.20 Å². The third-order valence-corrected chi connectivity index (χ3v) is 4.07. The van der Waals surface area contributed by atoms with E-state index >= 15 is 0 Å². The molecule has 3 rings (SSSR count). The van der Waals surface area contributed by atoms with Crippen LogP contribution in [0.1, 0.15) is 38.2 Å². The van der Waals surface area contributed by atoms with Crippen molar-refractivity contribution in [2.24, 2.45) is 0 Å². The Morgan fingerprint density at radius 3 is 2.67 bits per heavy atom. The molecule has 0 spiro atoms. The minimum Gasteiger partial charge on any atom is -1.00 e. The number of anilines is 1. The van der Waals surface area contributed by atoms with E-state index in [4.69, 9.17) is 0 Å². The van der Waals surface area contributed by atoms with E-state index in [9.17, 15) is 14.7 Å². The minimum absolute atomic E-state index is 0. The van der Waals surface area contributed by atoms with Gasteiger partial charge in [-0.1, -0.05) is 6.92 Å². The summed E-state index contributed by atoms with van der Waals surface area (Å²) in [5.74, 6) is -0.603. The molecule has 0 saturated carbocycles. The second kappa shape index (κ2) is 7.08. The number of carbonyl (C=O) groups is 2. The van der Waals surface area contributed by atoms with Crippen molar-refractivity contribution in [2.45, 2.75) is 33.2 Å². The van der Waals surface area contributed by atoms with E-state index in [1.807, 2.05) is 20.8 Å². The maximum atomic E-state index is 12.5. The van der Waals surface area contributed by atoms with Crippen LogP contribution in [0.3, 0.4) is 0 Å². The van der Waals surface area contributed by atoms with Crippen molar-refractivity contribution in [3.63, 3.8) is 0 Å². The van der Waals surface area contributed by atoms with Gasteiger partial charge in [-0.15, -0.1) is 0 Å². The second-order valence-electron chi connectivity index (χ2n) is 5.78. The van der Waals surface area contributed by atoms with Crippen molar-refractivity contribution >= 4 is 23.5 Å². The molecular weight excluding hydrogens is 321 g/mol. The van der Waals surface area contributed by atoms with Crippen molar-refractivity contribution < 1.29 is 45.7 Å². The fourth-order valence-electron chi connectivity index (χ4n) is 2.80. The van der Waals surface area contributed by atoms with Crippen LogP contribution >= 0.6 is 0 Å². The summed E-state index contributed by atoms with van der Waals surface area (Å²) < 4.78 is 1.52. The first kappa shape index (κ1) is 18.7. The number of hydrogen-bond donors (Lipinski definition) is 1. The van der Waals surface area contributed by atoms with E-state index in [2.05, 4.69) is 10.1 Å². The maximum absolute atomic E-state index is 12.5. The monoisotopic (exact) mass is 341 g/mol. The average Bonchev–Trinajstić information content (AvgIpc) is 3.09. The minimum atomic E-state index is -1.08. The number of fused-ring (bicyclic) bond motifs is 1. The van der Waals surface area contributed by atoms with Gasteiger partial charge in [-0.2, -0.15) is 5.10 Å². The predicted octanol–water partition coefficient (Wildman–Crippen LogP) is -1.24. The third-order valence-electron chi connectivity index (χ3n) is 4.07. The molecule has 2 aromatic heterocycles. The molecule has 2 amide bonds. The number of hydrogen-bond acceptors (Lipinski definition) is 4. The topological polar surface area (TPSA) is 91.0 Å². The zero-order chi connectivity index (χ0) is 16.7. The summed E-state index contributed by atoms with van der Waals surface area (Å²) in [7, 11) is 0. The average molecular weight is 341 g/mol. The van der Waals surface area contributed by atoms with Crippen LogP contribution in [-0.4, -0.2) is 55.7 Å². The van der Waals surface area contributed by atoms with Crippen LogP contribution in [0.15, 0.2) is 12.3 Å². The summed E-state index contributed by atoms with van der Waals surface area (Å²) >= 11 is 0. The molecule has 124 valence electrons. The maximum Gasteiger partial charge on any atom is 1.00 e. The molecule has 8 nitrogen and oxygen atoms in total. The van der Waals surface area contributed by atoms with Gasteiger partial charge in [0.15, 0.2) is 5.65 Å². The second-order valence-corrected chi connectivity index (χ2v) is 5.78. The van der Waals surface area contributed by atoms with E-state index in [0.717, 1.165) is 5.69 Å². The molecule has 0 bridgehead atoms. The van der Waals surface area contributed by atoms with E-state index < -0.39 is 5.97 Å². The number of carbonyl (C=O) groups excluding carboxylic acids is 1. The number of urea groups is 1. The standard InChI is InChI=1S/C15H19N5O3.Na.H/c1-4-10-7-12(19-6-5-18(9(2)3)15(19)23)17-13-11(14(21)22)8-16-20(10)13;;/h7-9H,4-6H2,1-3H3,(H,21,22);;/q;+1;-1. The fourth-order valence-corrected chi connectivity index (χ4v) is 2.80. The number of rotatable bonds is 4. The van der Waals surface area contributed by atoms with Gasteiger partial charge in [-0.25, -0.2) is 19.1 Å². The Morgan fingerprint density at radius 2 is 2.12 bits per heavy atom. The van der Waals surface area contributed by atoms with Gasteiger partial charge in [-0.3, -0.25) is 4.90 Å². The van der Waals surface area contributed by atoms with Crippen LogP contribution in [0.2, 0.25) is 0 Å². The quantitative estimate of drug-likeness (QED) is 0.702. The van der Waals surface area contributed by atoms with E-state index in [-0.39, 0.29) is 54.3 Å². The Morgan fingerprint density at radius 1 is 1.42 bits per heavy atom. The van der Waals surface area contributed by atoms with Crippen molar-refractivity contribution in [2.75, 3.05) is 18.0 Å². The van der Waals surface area contributed by atoms with Crippen LogP contribution in [0.5, 0.6) is 0 Å². The van der Waals surface area contributed by atoms with Gasteiger partial charge in [0.1, 0.15) is 11.4 Å². The Balaban J connectivity index is 0.00000156. The fraction of sp³-hybridized carbons (Fsp3) is 0.467. The van der Waals surface area contributed by atoms with Crippen LogP contribution in [0.4, 0.5) is 10.6 Å². The first-order valence-corrected chi connectivity index (χ1v) is 7.63. The molecule has 0 radical (unpaired) electrons. The van der Waals surface area contributed by atoms with Crippen LogP contribution in [0, 0.1) is 0 Å². The number of amides is 2. The molecule has 1 fully saturated rings. The van der Waals surface area contributed by atoms with E-state index in [0.29, 0.717) is 25.3 Å². The number of carboxylic acid groups (broad SMARTS) is 1. The van der Waals surface area contributed by atoms with Gasteiger partial charge < -0.3 is 11.4 Å². The van der Waals surface area contributed by atoms with E-state index in [1.54, 1.807) is 15.9 Å². The van der Waals surface area contributed by atoms with Gasteiger partial charge in [-0.05, 0) is 20.3 Å². The van der Waals surface area contributed by atoms with Crippen molar-refractivity contribution in [3.05, 3.63) is 23.5 Å². The predicted molar refractivity (Wildman–Crippen MR) is 85.0 cm³/mol. The van der Waals surface area contributed by atoms with Crippen LogP contribution in [-0.2, 0) is 6.42 Å². The molecule has 1 aliphatic heterocycles. The first-order chi connectivity index (χ1) is 10.9. The SMILES string of the molecule is CCc1cc(N2CCN(C(C)C)C2=O)nc2c(C(=O)O)cnn12.[H-].[Na+]. The summed E-state index contributed by atoms with van der Waals surface area (Å²) in [6, 6.07) is 1.81. The van der Waals surface area contributed by atoms with E-state index in [1.165, 1.54) is 10.7 Å². The van der Waals surface area contributed by atoms with Crippen LogP contribution in [0.25, 0.3) is 5.65 Å². The molecule has 0 unspecified atom stereocenters. The number of nitrogens with zero attached hydrogens (tertiary/aromatic N) is 5. The molecule has 0 aliphatic carbocycles. The molecule has 0 atom stereocenters. The zero-order valence-electron chi connectivity index (χ0n) is 15.4. The summed E-state index contributed by atoms with van der Waals surface area (Å²) in [6.07, 6.45) is 1.95. The van der Waals surface area contributed by atoms with Gasteiger partial charge in [0.2, 0.25) is 0 Å². The first-order valence-electron chi connectivity index (χ1n) is 7.63. The van der Waals surface area contributed by atoms with Crippen LogP contribution < -0.4 is 34.5 Å². The largest absolute Gasteiger partial charge is 1.00 e. The summed E-state index contributed by atoms with van der Waals surface area (Å²) in [4.78, 5) is 31.6. The normalized spacial score (nSPS) is 14.6. The number of carboxylic acids is 1. The molecule has 0 aromatic carbocycles. The van der Waals surface area contributed by atoms with Crippen molar-refractivity contribution in [1.29, 1.82) is 0 Å². The molecule has 1 aliphatic rings.